The minimum absolute atomic E-state index is 0.579. The highest BCUT2D eigenvalue weighted by molar-refractivity contribution is 7.98. The third-order valence-electron chi connectivity index (χ3n) is 3.51. The summed E-state index contributed by atoms with van der Waals surface area (Å²) in [4.78, 5) is 4.16. The van der Waals surface area contributed by atoms with E-state index in [9.17, 15) is 0 Å². The zero-order valence-corrected chi connectivity index (χ0v) is 12.2. The van der Waals surface area contributed by atoms with Crippen molar-refractivity contribution >= 4 is 23.1 Å². The molecule has 0 saturated carbocycles. The Balaban J connectivity index is 1.88. The van der Waals surface area contributed by atoms with Crippen LogP contribution in [-0.2, 0) is 13.0 Å². The van der Waals surface area contributed by atoms with Crippen molar-refractivity contribution in [3.8, 4) is 0 Å². The summed E-state index contributed by atoms with van der Waals surface area (Å²) in [6, 6.07) is 2.86. The number of fused-ring (bicyclic) bond motifs is 1. The van der Waals surface area contributed by atoms with Crippen LogP contribution >= 0.6 is 23.1 Å². The lowest BCUT2D eigenvalue weighted by Gasteiger charge is -2.34. The third-order valence-corrected chi connectivity index (χ3v) is 5.23. The first-order valence-electron chi connectivity index (χ1n) is 6.33. The van der Waals surface area contributed by atoms with Gasteiger partial charge < -0.3 is 5.73 Å². The number of rotatable bonds is 6. The van der Waals surface area contributed by atoms with Crippen LogP contribution in [0.3, 0.4) is 0 Å². The number of hydrogen-bond acceptors (Lipinski definition) is 4. The fraction of sp³-hybridized carbons (Fsp3) is 0.692. The highest BCUT2D eigenvalue weighted by Gasteiger charge is 2.22. The standard InChI is InChI=1S/C13H22N2S2/c1-16-7-2-3-12(9-14)15-6-4-13-11(10-15)5-8-17-13/h5,8,12H,2-4,6-7,9-10,14H2,1H3. The second-order valence-corrected chi connectivity index (χ2v) is 6.60. The minimum Gasteiger partial charge on any atom is -0.329 e. The van der Waals surface area contributed by atoms with E-state index >= 15 is 0 Å². The smallest absolute Gasteiger partial charge is 0.0248 e. The Hall–Kier alpha value is -0.0300. The number of thioether (sulfide) groups is 1. The lowest BCUT2D eigenvalue weighted by molar-refractivity contribution is 0.174. The molecule has 2 nitrogen and oxygen atoms in total. The average molecular weight is 270 g/mol. The summed E-state index contributed by atoms with van der Waals surface area (Å²) in [5, 5.41) is 2.22. The summed E-state index contributed by atoms with van der Waals surface area (Å²) in [5.41, 5.74) is 7.47. The van der Waals surface area contributed by atoms with Crippen molar-refractivity contribution < 1.29 is 0 Å². The Bertz CT molecular complexity index is 338. The summed E-state index contributed by atoms with van der Waals surface area (Å²) in [6.07, 6.45) is 5.93. The van der Waals surface area contributed by atoms with Crippen molar-refractivity contribution in [3.05, 3.63) is 21.9 Å². The molecule has 4 heteroatoms. The summed E-state index contributed by atoms with van der Waals surface area (Å²) in [6.45, 7) is 3.10. The molecule has 96 valence electrons. The van der Waals surface area contributed by atoms with Gasteiger partial charge in [-0.05, 0) is 48.3 Å². The maximum atomic E-state index is 5.94. The van der Waals surface area contributed by atoms with Crippen LogP contribution in [0.1, 0.15) is 23.3 Å². The predicted molar refractivity (Wildman–Crippen MR) is 78.9 cm³/mol. The van der Waals surface area contributed by atoms with Gasteiger partial charge in [-0.25, -0.2) is 0 Å². The van der Waals surface area contributed by atoms with Gasteiger partial charge >= 0.3 is 0 Å². The summed E-state index contributed by atoms with van der Waals surface area (Å²) in [7, 11) is 0. The van der Waals surface area contributed by atoms with E-state index < -0.39 is 0 Å². The van der Waals surface area contributed by atoms with Crippen LogP contribution in [-0.4, -0.2) is 36.0 Å². The molecule has 0 aliphatic carbocycles. The molecule has 1 aliphatic rings. The normalized spacial score (nSPS) is 18.0. The van der Waals surface area contributed by atoms with Gasteiger partial charge in [0.25, 0.3) is 0 Å². The molecule has 2 rings (SSSR count). The molecule has 0 aromatic carbocycles. The van der Waals surface area contributed by atoms with Crippen molar-refractivity contribution in [3.63, 3.8) is 0 Å². The molecule has 2 heterocycles. The van der Waals surface area contributed by atoms with Crippen LogP contribution < -0.4 is 5.73 Å². The Labute approximate surface area is 113 Å². The number of nitrogens with two attached hydrogens (primary N) is 1. The first-order chi connectivity index (χ1) is 8.35. The highest BCUT2D eigenvalue weighted by atomic mass is 32.2. The Morgan fingerprint density at radius 2 is 2.47 bits per heavy atom. The number of thiophene rings is 1. The molecular weight excluding hydrogens is 248 g/mol. The molecular formula is C13H22N2S2. The molecule has 0 amide bonds. The molecule has 0 bridgehead atoms. The zero-order chi connectivity index (χ0) is 12.1. The van der Waals surface area contributed by atoms with Gasteiger partial charge in [-0.15, -0.1) is 11.3 Å². The quantitative estimate of drug-likeness (QED) is 0.806. The number of hydrogen-bond donors (Lipinski definition) is 1. The molecule has 0 spiro atoms. The van der Waals surface area contributed by atoms with Gasteiger partial charge in [0.2, 0.25) is 0 Å². The van der Waals surface area contributed by atoms with E-state index in [-0.39, 0.29) is 0 Å². The van der Waals surface area contributed by atoms with Crippen LogP contribution in [0.2, 0.25) is 0 Å². The monoisotopic (exact) mass is 270 g/mol. The second-order valence-electron chi connectivity index (χ2n) is 4.61. The molecule has 1 aromatic heterocycles. The van der Waals surface area contributed by atoms with Gasteiger partial charge in [0.1, 0.15) is 0 Å². The molecule has 0 saturated heterocycles. The van der Waals surface area contributed by atoms with E-state index in [1.165, 1.54) is 37.1 Å². The maximum Gasteiger partial charge on any atom is 0.0248 e. The fourth-order valence-electron chi connectivity index (χ4n) is 2.49. The van der Waals surface area contributed by atoms with E-state index in [2.05, 4.69) is 22.6 Å². The molecule has 1 unspecified atom stereocenters. The molecule has 1 aliphatic heterocycles. The first kappa shape index (κ1) is 13.4. The summed E-state index contributed by atoms with van der Waals surface area (Å²) >= 11 is 3.84. The SMILES string of the molecule is CSCCCC(CN)N1CCc2sccc2C1. The van der Waals surface area contributed by atoms with Crippen LogP contribution in [0.25, 0.3) is 0 Å². The van der Waals surface area contributed by atoms with Crippen molar-refractivity contribution in [2.45, 2.75) is 31.8 Å². The molecule has 1 atom stereocenters. The van der Waals surface area contributed by atoms with Gasteiger partial charge in [-0.3, -0.25) is 4.90 Å². The molecule has 1 aromatic rings. The van der Waals surface area contributed by atoms with Gasteiger partial charge in [-0.2, -0.15) is 11.8 Å². The van der Waals surface area contributed by atoms with E-state index in [4.69, 9.17) is 5.73 Å². The van der Waals surface area contributed by atoms with Gasteiger partial charge in [0.15, 0.2) is 0 Å². The Kier molecular flexibility index (Phi) is 5.35. The van der Waals surface area contributed by atoms with Gasteiger partial charge in [0.05, 0.1) is 0 Å². The fourth-order valence-corrected chi connectivity index (χ4v) is 3.84. The van der Waals surface area contributed by atoms with E-state index in [0.29, 0.717) is 6.04 Å². The van der Waals surface area contributed by atoms with E-state index in [1.54, 1.807) is 4.88 Å². The van der Waals surface area contributed by atoms with Gasteiger partial charge in [0, 0.05) is 30.6 Å². The van der Waals surface area contributed by atoms with Gasteiger partial charge in [-0.1, -0.05) is 0 Å². The van der Waals surface area contributed by atoms with Crippen LogP contribution in [0.15, 0.2) is 11.4 Å². The van der Waals surface area contributed by atoms with Crippen LogP contribution in [0.4, 0.5) is 0 Å². The Morgan fingerprint density at radius 1 is 1.59 bits per heavy atom. The lowest BCUT2D eigenvalue weighted by atomic mass is 10.0. The molecule has 17 heavy (non-hydrogen) atoms. The van der Waals surface area contributed by atoms with E-state index in [0.717, 1.165) is 13.1 Å². The average Bonchev–Trinajstić information content (AvgIpc) is 2.82. The molecule has 2 N–H and O–H groups in total. The highest BCUT2D eigenvalue weighted by Crippen LogP contribution is 2.26. The summed E-state index contributed by atoms with van der Waals surface area (Å²) < 4.78 is 0. The van der Waals surface area contributed by atoms with Crippen molar-refractivity contribution in [1.82, 2.24) is 4.90 Å². The van der Waals surface area contributed by atoms with Crippen molar-refractivity contribution in [1.29, 1.82) is 0 Å². The molecule has 0 fully saturated rings. The topological polar surface area (TPSA) is 29.3 Å². The van der Waals surface area contributed by atoms with Crippen LogP contribution in [0.5, 0.6) is 0 Å². The predicted octanol–water partition coefficient (Wildman–Crippen LogP) is 2.58. The van der Waals surface area contributed by atoms with Crippen molar-refractivity contribution in [2.75, 3.05) is 25.1 Å². The lowest BCUT2D eigenvalue weighted by Crippen LogP contribution is -2.43. The first-order valence-corrected chi connectivity index (χ1v) is 8.60. The molecule has 0 radical (unpaired) electrons. The largest absolute Gasteiger partial charge is 0.329 e. The van der Waals surface area contributed by atoms with Crippen molar-refractivity contribution in [2.24, 2.45) is 5.73 Å². The Morgan fingerprint density at radius 3 is 3.24 bits per heavy atom. The summed E-state index contributed by atoms with van der Waals surface area (Å²) in [5.74, 6) is 1.26. The third kappa shape index (κ3) is 3.47. The zero-order valence-electron chi connectivity index (χ0n) is 10.5. The number of nitrogens with zero attached hydrogens (tertiary/aromatic N) is 1. The minimum atomic E-state index is 0.579. The van der Waals surface area contributed by atoms with E-state index in [1.807, 2.05) is 23.1 Å². The maximum absolute atomic E-state index is 5.94. The van der Waals surface area contributed by atoms with Crippen LogP contribution in [0, 0.1) is 0 Å². The second kappa shape index (κ2) is 6.78.